The van der Waals surface area contributed by atoms with Crippen molar-refractivity contribution >= 4 is 369 Å². The van der Waals surface area contributed by atoms with E-state index in [9.17, 15) is 129 Å². The van der Waals surface area contributed by atoms with Gasteiger partial charge in [0, 0.05) is 0 Å². The molecule has 0 aromatic rings. The summed E-state index contributed by atoms with van der Waals surface area (Å²) in [6.45, 7) is -31.4. The summed E-state index contributed by atoms with van der Waals surface area (Å²) in [5, 5.41) is 0. The molecule has 0 aliphatic rings. The lowest BCUT2D eigenvalue weighted by molar-refractivity contribution is -0.154. The number of ether oxygens (including phenoxy) is 1. The zero-order valence-electron chi connectivity index (χ0n) is 61.4. The van der Waals surface area contributed by atoms with E-state index in [1.165, 1.54) is 26.2 Å². The highest BCUT2D eigenvalue weighted by atomic mass is 30.5. The van der Waals surface area contributed by atoms with E-state index >= 15 is 0 Å². The summed E-state index contributed by atoms with van der Waals surface area (Å²) in [4.78, 5) is 346. The van der Waals surface area contributed by atoms with Gasteiger partial charge in [-0.25, -0.2) is 0 Å². The molecule has 0 radical (unpaired) electrons. The molecule has 0 aliphatic carbocycles. The second kappa shape index (κ2) is 48.0. The molecular formula is C19H122O43Si42. The first-order chi connectivity index (χ1) is 48.2. The maximum atomic E-state index is 14.0. The molecule has 5 atom stereocenters. The van der Waals surface area contributed by atoms with Gasteiger partial charge in [0.2, 0.25) is 73.9 Å². The molecule has 0 aromatic heterocycles. The third-order valence-electron chi connectivity index (χ3n) is 17.9. The highest BCUT2D eigenvalue weighted by Crippen LogP contribution is 2.54. The molecule has 0 rings (SSSR count). The molecular weight excluding hydrogens is 2100 g/mol. The zero-order chi connectivity index (χ0) is 81.3. The van der Waals surface area contributed by atoms with Crippen molar-refractivity contribution in [2.45, 2.75) is 105 Å². The van der Waals surface area contributed by atoms with Gasteiger partial charge in [0.1, 0.15) is 7.59 Å². The van der Waals surface area contributed by atoms with Crippen LogP contribution < -0.4 is 0 Å². The van der Waals surface area contributed by atoms with E-state index in [2.05, 4.69) is 0 Å². The van der Waals surface area contributed by atoms with Crippen LogP contribution in [0.1, 0.15) is 33.6 Å². The predicted molar refractivity (Wildman–Crippen MR) is 487 cm³/mol. The van der Waals surface area contributed by atoms with Crippen molar-refractivity contribution in [1.29, 1.82) is 0 Å². The molecule has 0 aliphatic heterocycles. The summed E-state index contributed by atoms with van der Waals surface area (Å²) in [6, 6.07) is -0.174. The van der Waals surface area contributed by atoms with Gasteiger partial charge >= 0.3 is 61.1 Å². The van der Waals surface area contributed by atoms with E-state index in [0.717, 1.165) is 13.1 Å². The maximum absolute atomic E-state index is 14.0. The summed E-state index contributed by atoms with van der Waals surface area (Å²) in [5.41, 5.74) is -0.972. The number of rotatable bonds is 62. The summed E-state index contributed by atoms with van der Waals surface area (Å²) in [6.07, 6.45) is 0.297. The third kappa shape index (κ3) is 24.0. The Labute approximate surface area is 675 Å². The Morgan fingerprint density at radius 2 is 0.692 bits per heavy atom. The molecule has 26 N–H and O–H groups in total. The lowest BCUT2D eigenvalue weighted by Crippen LogP contribution is -3.14. The van der Waals surface area contributed by atoms with E-state index in [1.807, 2.05) is 0 Å². The fourth-order valence-electron chi connectivity index (χ4n) is 12.1. The fourth-order valence-corrected chi connectivity index (χ4v) is 756. The Morgan fingerprint density at radius 1 is 0.375 bits per heavy atom. The van der Waals surface area contributed by atoms with Crippen molar-refractivity contribution in [2.75, 3.05) is 6.61 Å². The largest absolute Gasteiger partial charge is 0.465 e. The molecule has 0 spiro atoms. The molecule has 43 nitrogen and oxygen atoms in total. The fraction of sp³-hybridized carbons (Fsp3) is 0.947. The Kier molecular flexibility index (Phi) is 51.2. The van der Waals surface area contributed by atoms with Crippen LogP contribution in [0.15, 0.2) is 0 Å². The SMILES string of the molecule is CCC(C)(C)C(=O)OCCC[Si](C)(O[SiH](C)O[Si](O[Si](O[Si](O)([SiH2]O)[Si](C)(C)C)([Si](O[SiH2]O)([SiH2]O)[SiH2]O)[Si](O[SiH2]O)([SiH2]O)[SiH2]O)([Si](O[Si](O[SiH2]O)([SiH2]O)[SiH2]O)([Si](O[SiH2]O)([SiH2]O)[SiH2]O)[Si](O[SiH2]O)([SiH2]O)[SiH2]O)[Si](O[Si](O[SiH2]O)([SiH2]O)[SiH2]O)([Si](O[SiH2]O)([SiH2]O)[SiH2]O)[Si](O[Si](C)(C)O)([SiH2]O)[SiH2]O)O[Si](C)(C)C. The van der Waals surface area contributed by atoms with Crippen molar-refractivity contribution < 1.29 is 196 Å². The van der Waals surface area contributed by atoms with Crippen LogP contribution >= 0.6 is 0 Å². The number of esters is 1. The van der Waals surface area contributed by atoms with Gasteiger partial charge in [-0.1, -0.05) is 26.6 Å². The summed E-state index contributed by atoms with van der Waals surface area (Å²) >= 11 is 0. The van der Waals surface area contributed by atoms with Gasteiger partial charge in [-0.05, 0) is 78.6 Å². The highest BCUT2D eigenvalue weighted by molar-refractivity contribution is 8.24. The van der Waals surface area contributed by atoms with Crippen LogP contribution in [0, 0.1) is 5.41 Å². The average Bonchev–Trinajstić information content (AvgIpc) is 0.639. The van der Waals surface area contributed by atoms with Gasteiger partial charge in [0.15, 0.2) is 120 Å². The number of hydrogen-bond donors (Lipinski definition) is 26. The van der Waals surface area contributed by atoms with Crippen LogP contribution in [0.2, 0.25) is 71.5 Å². The lowest BCUT2D eigenvalue weighted by Gasteiger charge is -2.71. The summed E-state index contributed by atoms with van der Waals surface area (Å²) in [7, 11) is -139. The zero-order valence-corrected chi connectivity index (χ0v) is 114. The van der Waals surface area contributed by atoms with Crippen molar-refractivity contribution in [3.8, 4) is 0 Å². The van der Waals surface area contributed by atoms with E-state index < -0.39 is 374 Å². The van der Waals surface area contributed by atoms with Gasteiger partial charge in [0.05, 0.1) is 12.0 Å². The average molecular weight is 2220 g/mol. The van der Waals surface area contributed by atoms with E-state index in [1.54, 1.807) is 47.0 Å². The first kappa shape index (κ1) is 111. The highest BCUT2D eigenvalue weighted by Gasteiger charge is 3.00. The molecule has 0 fully saturated rings. The normalized spacial score (nSPS) is 24.4. The quantitative estimate of drug-likeness (QED) is 0.0153. The smallest absolute Gasteiger partial charge is 0.338 e. The molecule has 0 bridgehead atoms. The second-order valence-corrected chi connectivity index (χ2v) is 268. The molecule has 0 aromatic carbocycles. The Morgan fingerprint density at radius 3 is 0.952 bits per heavy atom. The number of hydrogen-bond acceptors (Lipinski definition) is 43. The summed E-state index contributed by atoms with van der Waals surface area (Å²) < 4.78 is 115. The third-order valence-corrected chi connectivity index (χ3v) is 444. The topological polar surface area (TPSA) is 691 Å². The molecule has 5 unspecified atom stereocenters. The van der Waals surface area contributed by atoms with E-state index in [0.29, 0.717) is 6.42 Å². The Balaban J connectivity index is 14.2. The van der Waals surface area contributed by atoms with Gasteiger partial charge in [0.25, 0.3) is 107 Å². The van der Waals surface area contributed by atoms with Crippen LogP contribution in [0.3, 0.4) is 0 Å². The molecule has 0 saturated heterocycles. The molecule has 104 heavy (non-hydrogen) atoms. The number of carbonyl (C=O) groups excluding carboxylic acids is 1. The molecule has 0 amide bonds. The number of carbonyl (C=O) groups is 1. The minimum atomic E-state index is -7.86. The van der Waals surface area contributed by atoms with E-state index in [-0.39, 0.29) is 19.1 Å². The first-order valence-corrected chi connectivity index (χ1v) is 139. The molecule has 85 heteroatoms. The molecule has 624 valence electrons. The van der Waals surface area contributed by atoms with Crippen LogP contribution in [0.4, 0.5) is 0 Å². The Bertz CT molecular complexity index is 2380. The summed E-state index contributed by atoms with van der Waals surface area (Å²) in [5.74, 6) is -0.590. The minimum Gasteiger partial charge on any atom is -0.465 e. The van der Waals surface area contributed by atoms with Gasteiger partial charge < -0.3 is 191 Å². The van der Waals surface area contributed by atoms with E-state index in [4.69, 9.17) is 66.5 Å². The van der Waals surface area contributed by atoms with Crippen molar-refractivity contribution in [1.82, 2.24) is 0 Å². The van der Waals surface area contributed by atoms with Crippen LogP contribution in [-0.4, -0.2) is 500 Å². The van der Waals surface area contributed by atoms with Crippen molar-refractivity contribution in [3.05, 3.63) is 0 Å². The minimum absolute atomic E-state index is 0.0651. The molecule has 0 saturated carbocycles. The van der Waals surface area contributed by atoms with Gasteiger partial charge in [-0.15, -0.1) is 0 Å². The maximum Gasteiger partial charge on any atom is 0.338 e. The van der Waals surface area contributed by atoms with Crippen molar-refractivity contribution in [2.24, 2.45) is 5.41 Å². The van der Waals surface area contributed by atoms with Crippen LogP contribution in [0.5, 0.6) is 0 Å². The predicted octanol–water partition coefficient (Wildman–Crippen LogP) is -36.5. The standard InChI is InChI=1S/C19H122O43Si42/c1-14-19(2,3)18(20)47-16-15-17-91(13,57-88(5,6)7)55-87(4)56-95(103(99(79-37,80-38)52-67-25,100(81-39,82-40)53-68-26)60-93(71-29,72-30)48-63-21,62-96(97(75-33,76-34)50-65-23,98(77-35,78-36)51-66-24)59-92(46,70-28)89(8,9)10)104(101(83-41,84-42)54-69-27,61-94(73-31,74-32)49-64-22)102(85-43,86-44)58-90(11,12)45/h21-46,87H,14-17,63-86H2,1-13H3. The monoisotopic (exact) mass is 2210 g/mol. The van der Waals surface area contributed by atoms with Crippen molar-refractivity contribution in [3.63, 3.8) is 0 Å². The van der Waals surface area contributed by atoms with Gasteiger partial charge in [-0.3, -0.25) is 4.79 Å². The second-order valence-electron chi connectivity index (χ2n) is 27.6. The first-order valence-electron chi connectivity index (χ1n) is 32.5. The van der Waals surface area contributed by atoms with Crippen LogP contribution in [0.25, 0.3) is 0 Å². The molecule has 0 heterocycles. The lowest BCUT2D eigenvalue weighted by atomic mass is 9.91. The Hall–Kier alpha value is 6.94. The van der Waals surface area contributed by atoms with Crippen LogP contribution in [-0.2, 0) is 71.3 Å². The van der Waals surface area contributed by atoms with Gasteiger partial charge in [-0.2, -0.15) is 0 Å².